The largest absolute Gasteiger partial charge is 0.292 e. The van der Waals surface area contributed by atoms with Crippen LogP contribution in [0.3, 0.4) is 0 Å². The molecule has 17 rings (SSSR count). The Hall–Kier alpha value is -10.3. The minimum atomic E-state index is 0.774. The summed E-state index contributed by atoms with van der Waals surface area (Å²) >= 11 is 0. The molecule has 17 aromatic rings. The van der Waals surface area contributed by atoms with E-state index in [1.54, 1.807) is 0 Å². The topological polar surface area (TPSA) is 61.4 Å². The van der Waals surface area contributed by atoms with E-state index >= 15 is 0 Å². The smallest absolute Gasteiger partial charge is 0.165 e. The fourth-order valence-electron chi connectivity index (χ4n) is 12.7. The number of hydrogen-bond donors (Lipinski definition) is 0. The summed E-state index contributed by atoms with van der Waals surface area (Å²) in [5.41, 5.74) is 11.4. The summed E-state index contributed by atoms with van der Waals surface area (Å²) in [6, 6.07) is 87.0. The van der Waals surface area contributed by atoms with E-state index in [-0.39, 0.29) is 0 Å². The summed E-state index contributed by atoms with van der Waals surface area (Å²) in [7, 11) is 0. The van der Waals surface area contributed by atoms with Crippen LogP contribution in [0.2, 0.25) is 0 Å². The van der Waals surface area contributed by atoms with Gasteiger partial charge in [0.2, 0.25) is 0 Å². The molecule has 0 N–H and O–H groups in total. The van der Waals surface area contributed by atoms with Gasteiger partial charge in [0.1, 0.15) is 11.4 Å². The first kappa shape index (κ1) is 41.2. The average molecular weight is 965 g/mol. The lowest BCUT2D eigenvalue weighted by molar-refractivity contribution is 1.08. The van der Waals surface area contributed by atoms with Gasteiger partial charge in [0.25, 0.3) is 0 Å². The van der Waals surface area contributed by atoms with Crippen molar-refractivity contribution in [3.63, 3.8) is 0 Å². The molecule has 0 aliphatic heterocycles. The lowest BCUT2D eigenvalue weighted by atomic mass is 9.98. The number of rotatable bonds is 4. The van der Waals surface area contributed by atoms with E-state index in [9.17, 15) is 0 Å². The zero-order chi connectivity index (χ0) is 49.6. The van der Waals surface area contributed by atoms with Crippen molar-refractivity contribution >= 4 is 130 Å². The standard InChI is InChI=1S/C70H40N6/c1-3-23-43-41(19-1)21-17-35-51(43)67-69(73-65-55-33-11-7-27-47(55)45-25-5-9-31-53(45)63(65)71-67)75-59-37-15-13-29-49(59)57-40-62-58(39-61(57)75)50-30-14-16-38-60(50)76(62)70-68(52-36-18-22-42-20-2-4-24-44(42)52)72-64-54-32-10-6-26-46(54)48-28-8-12-34-56(48)66(64)74-70/h1-40H. The SMILES string of the molecule is c1ccc2c(-c3nc4c5ccccc5c5ccccc5c4nc3-n3c4ccccc4c4cc5c(cc43)c3ccccc3n5-c3nc4c5ccccc5c5ccccc5c4nc3-c3cccc4ccccc34)cccc2c1. The molecule has 76 heavy (non-hydrogen) atoms. The van der Waals surface area contributed by atoms with Gasteiger partial charge in [-0.15, -0.1) is 0 Å². The summed E-state index contributed by atoms with van der Waals surface area (Å²) in [5, 5.41) is 17.9. The predicted molar refractivity (Wildman–Crippen MR) is 317 cm³/mol. The van der Waals surface area contributed by atoms with E-state index in [2.05, 4.69) is 252 Å². The normalized spacial score (nSPS) is 12.2. The van der Waals surface area contributed by atoms with Gasteiger partial charge in [-0.2, -0.15) is 0 Å². The van der Waals surface area contributed by atoms with Crippen molar-refractivity contribution < 1.29 is 0 Å². The van der Waals surface area contributed by atoms with Crippen LogP contribution < -0.4 is 0 Å². The second kappa shape index (κ2) is 15.6. The monoisotopic (exact) mass is 964 g/mol. The van der Waals surface area contributed by atoms with E-state index in [4.69, 9.17) is 19.9 Å². The van der Waals surface area contributed by atoms with Crippen molar-refractivity contribution in [2.45, 2.75) is 0 Å². The van der Waals surface area contributed by atoms with Crippen molar-refractivity contribution in [3.05, 3.63) is 243 Å². The minimum Gasteiger partial charge on any atom is -0.292 e. The van der Waals surface area contributed by atoms with Crippen LogP contribution in [-0.4, -0.2) is 29.1 Å². The molecular formula is C70H40N6. The van der Waals surface area contributed by atoms with Crippen molar-refractivity contribution in [1.29, 1.82) is 0 Å². The Morgan fingerprint density at radius 1 is 0.211 bits per heavy atom. The first-order valence-corrected chi connectivity index (χ1v) is 25.9. The third-order valence-corrected chi connectivity index (χ3v) is 16.0. The van der Waals surface area contributed by atoms with Gasteiger partial charge in [-0.25, -0.2) is 19.9 Å². The highest BCUT2D eigenvalue weighted by Crippen LogP contribution is 2.45. The number of fused-ring (bicyclic) bond motifs is 20. The Kier molecular flexibility index (Phi) is 8.46. The van der Waals surface area contributed by atoms with Crippen LogP contribution >= 0.6 is 0 Å². The molecule has 4 aromatic heterocycles. The molecule has 350 valence electrons. The lowest BCUT2D eigenvalue weighted by Crippen LogP contribution is -2.05. The zero-order valence-electron chi connectivity index (χ0n) is 40.8. The number of hydrogen-bond acceptors (Lipinski definition) is 4. The van der Waals surface area contributed by atoms with Gasteiger partial charge in [-0.05, 0) is 67.4 Å². The predicted octanol–water partition coefficient (Wildman–Crippen LogP) is 18.0. The number of nitrogens with zero attached hydrogens (tertiary/aromatic N) is 6. The second-order valence-corrected chi connectivity index (χ2v) is 20.0. The quantitative estimate of drug-likeness (QED) is 0.165. The van der Waals surface area contributed by atoms with Crippen LogP contribution in [0, 0.1) is 0 Å². The molecule has 6 heteroatoms. The summed E-state index contributed by atoms with van der Waals surface area (Å²) in [4.78, 5) is 23.4. The Bertz CT molecular complexity index is 5030. The summed E-state index contributed by atoms with van der Waals surface area (Å²) in [5.74, 6) is 1.55. The van der Waals surface area contributed by atoms with Crippen molar-refractivity contribution in [3.8, 4) is 34.2 Å². The fraction of sp³-hybridized carbons (Fsp3) is 0. The van der Waals surface area contributed by atoms with Gasteiger partial charge in [0.15, 0.2) is 11.6 Å². The molecular weight excluding hydrogens is 925 g/mol. The fourth-order valence-corrected chi connectivity index (χ4v) is 12.7. The molecule has 4 heterocycles. The van der Waals surface area contributed by atoms with Crippen LogP contribution in [-0.2, 0) is 0 Å². The van der Waals surface area contributed by atoms with Crippen LogP contribution in [0.5, 0.6) is 0 Å². The highest BCUT2D eigenvalue weighted by Gasteiger charge is 2.27. The first-order chi connectivity index (χ1) is 37.7. The lowest BCUT2D eigenvalue weighted by Gasteiger charge is -2.18. The van der Waals surface area contributed by atoms with E-state index in [1.807, 2.05) is 0 Å². The van der Waals surface area contributed by atoms with Crippen LogP contribution in [0.25, 0.3) is 164 Å². The number of para-hydroxylation sites is 2. The molecule has 0 aliphatic carbocycles. The molecule has 0 unspecified atom stereocenters. The Morgan fingerprint density at radius 2 is 0.500 bits per heavy atom. The van der Waals surface area contributed by atoms with Crippen molar-refractivity contribution in [1.82, 2.24) is 29.1 Å². The van der Waals surface area contributed by atoms with Gasteiger partial charge < -0.3 is 0 Å². The van der Waals surface area contributed by atoms with Gasteiger partial charge in [-0.3, -0.25) is 9.13 Å². The van der Waals surface area contributed by atoms with Gasteiger partial charge in [0, 0.05) is 54.2 Å². The third-order valence-electron chi connectivity index (χ3n) is 16.0. The molecule has 0 aliphatic rings. The highest BCUT2D eigenvalue weighted by molar-refractivity contribution is 6.26. The molecule has 0 saturated carbocycles. The second-order valence-electron chi connectivity index (χ2n) is 20.0. The first-order valence-electron chi connectivity index (χ1n) is 25.9. The number of aromatic nitrogens is 6. The molecule has 6 nitrogen and oxygen atoms in total. The van der Waals surface area contributed by atoms with E-state index < -0.39 is 0 Å². The maximum atomic E-state index is 5.90. The Morgan fingerprint density at radius 3 is 0.882 bits per heavy atom. The van der Waals surface area contributed by atoms with E-state index in [0.29, 0.717) is 0 Å². The number of benzene rings is 13. The van der Waals surface area contributed by atoms with Crippen LogP contribution in [0.1, 0.15) is 0 Å². The molecule has 13 aromatic carbocycles. The van der Waals surface area contributed by atoms with Crippen LogP contribution in [0.4, 0.5) is 0 Å². The van der Waals surface area contributed by atoms with Gasteiger partial charge in [-0.1, -0.05) is 218 Å². The molecule has 0 fully saturated rings. The molecule has 0 radical (unpaired) electrons. The average Bonchev–Trinajstić information content (AvgIpc) is 4.02. The zero-order valence-corrected chi connectivity index (χ0v) is 40.8. The maximum Gasteiger partial charge on any atom is 0.165 e. The summed E-state index contributed by atoms with van der Waals surface area (Å²) in [6.45, 7) is 0. The molecule has 0 bridgehead atoms. The van der Waals surface area contributed by atoms with Gasteiger partial charge in [0.05, 0.1) is 44.1 Å². The molecule has 0 spiro atoms. The van der Waals surface area contributed by atoms with Gasteiger partial charge >= 0.3 is 0 Å². The molecule has 0 atom stereocenters. The maximum absolute atomic E-state index is 5.90. The van der Waals surface area contributed by atoms with E-state index in [0.717, 1.165) is 164 Å². The summed E-state index contributed by atoms with van der Waals surface area (Å²) < 4.78 is 4.75. The Balaban J connectivity index is 1.03. The van der Waals surface area contributed by atoms with Crippen molar-refractivity contribution in [2.24, 2.45) is 0 Å². The van der Waals surface area contributed by atoms with Crippen molar-refractivity contribution in [2.75, 3.05) is 0 Å². The van der Waals surface area contributed by atoms with E-state index in [1.165, 1.54) is 0 Å². The summed E-state index contributed by atoms with van der Waals surface area (Å²) in [6.07, 6.45) is 0. The molecule has 0 saturated heterocycles. The molecule has 0 amide bonds. The third kappa shape index (κ3) is 5.69. The Labute approximate surface area is 434 Å². The minimum absolute atomic E-state index is 0.774. The van der Waals surface area contributed by atoms with Crippen LogP contribution in [0.15, 0.2) is 243 Å². The highest BCUT2D eigenvalue weighted by atomic mass is 15.1.